The van der Waals surface area contributed by atoms with E-state index in [1.807, 2.05) is 43.9 Å². The summed E-state index contributed by atoms with van der Waals surface area (Å²) in [6.07, 6.45) is 7.14. The summed E-state index contributed by atoms with van der Waals surface area (Å²) in [5.74, 6) is 5.84. The molecule has 0 amide bonds. The fraction of sp³-hybridized carbons (Fsp3) is 0.444. The molecule has 16 heavy (non-hydrogen) atoms. The molecule has 0 aromatic rings. The van der Waals surface area contributed by atoms with Gasteiger partial charge < -0.3 is 14.4 Å². The molecule has 3 nitrogen and oxygen atoms in total. The van der Waals surface area contributed by atoms with Crippen LogP contribution in [0.5, 0.6) is 0 Å². The van der Waals surface area contributed by atoms with E-state index in [4.69, 9.17) is 20.8 Å². The Labute approximate surface area is 124 Å². The van der Waals surface area contributed by atoms with Gasteiger partial charge in [-0.05, 0) is 6.26 Å². The van der Waals surface area contributed by atoms with Crippen molar-refractivity contribution in [2.75, 3.05) is 23.5 Å². The molecule has 0 N–H and O–H groups in total. The van der Waals surface area contributed by atoms with Crippen molar-refractivity contribution in [2.45, 2.75) is 0 Å². The third kappa shape index (κ3) is 88.5. The Kier molecular flexibility index (Phi) is 146. The van der Waals surface area contributed by atoms with Gasteiger partial charge in [0.25, 0.3) is 0 Å². The van der Waals surface area contributed by atoms with E-state index in [0.717, 1.165) is 5.75 Å². The van der Waals surface area contributed by atoms with Crippen LogP contribution in [0.1, 0.15) is 0 Å². The van der Waals surface area contributed by atoms with Crippen LogP contribution in [0.3, 0.4) is 0 Å². The summed E-state index contributed by atoms with van der Waals surface area (Å²) >= 11 is 8.21. The van der Waals surface area contributed by atoms with Crippen LogP contribution in [0.2, 0.25) is 0 Å². The quantitative estimate of drug-likeness (QED) is 0.435. The SMILES string of the molecule is C#CCSCCSC.C=O.C=O.C=O.[Br][Re]. The molecule has 0 aliphatic carbocycles. The number of hydrogen-bond donors (Lipinski definition) is 0. The zero-order valence-corrected chi connectivity index (χ0v) is 15.1. The maximum absolute atomic E-state index is 8.00. The number of halogens is 1. The second-order valence-corrected chi connectivity index (χ2v) is 3.34. The average molecular weight is 502 g/mol. The summed E-state index contributed by atoms with van der Waals surface area (Å²) in [4.78, 5) is 24.0. The Bertz CT molecular complexity index is 121. The van der Waals surface area contributed by atoms with E-state index in [9.17, 15) is 0 Å². The van der Waals surface area contributed by atoms with Crippen LogP contribution in [0.25, 0.3) is 0 Å². The molecular weight excluding hydrogens is 486 g/mol. The van der Waals surface area contributed by atoms with Gasteiger partial charge in [0.2, 0.25) is 0 Å². The summed E-state index contributed by atoms with van der Waals surface area (Å²) in [6, 6.07) is 0. The van der Waals surface area contributed by atoms with E-state index < -0.39 is 0 Å². The van der Waals surface area contributed by atoms with Gasteiger partial charge in [0, 0.05) is 11.5 Å². The van der Waals surface area contributed by atoms with Crippen molar-refractivity contribution >= 4 is 57.3 Å². The standard InChI is InChI=1S/C6H10S2.3CH2O.BrH.Re/c1-3-4-8-6-5-7-2;3*1-2;;/h1H,4-6H2,2H3;3*1H2;1H;/q;;;;;+1/p-1. The van der Waals surface area contributed by atoms with Crippen molar-refractivity contribution in [2.24, 2.45) is 0 Å². The van der Waals surface area contributed by atoms with Gasteiger partial charge in [-0.1, -0.05) is 5.92 Å². The van der Waals surface area contributed by atoms with Crippen molar-refractivity contribution in [1.29, 1.82) is 0 Å². The summed E-state index contributed by atoms with van der Waals surface area (Å²) < 4.78 is 0. The van der Waals surface area contributed by atoms with E-state index in [1.54, 1.807) is 0 Å². The minimum atomic E-state index is 0.862. The molecule has 96 valence electrons. The summed E-state index contributed by atoms with van der Waals surface area (Å²) in [6.45, 7) is 6.00. The fourth-order valence-corrected chi connectivity index (χ4v) is 1.67. The molecular formula is C9H16BrO3ReS2. The van der Waals surface area contributed by atoms with Gasteiger partial charge in [0.1, 0.15) is 20.4 Å². The van der Waals surface area contributed by atoms with Crippen LogP contribution in [0.4, 0.5) is 0 Å². The number of terminal acetylenes is 1. The molecule has 0 atom stereocenters. The molecule has 0 unspecified atom stereocenters. The van der Waals surface area contributed by atoms with Crippen LogP contribution in [0.15, 0.2) is 0 Å². The monoisotopic (exact) mass is 502 g/mol. The second-order valence-electron chi connectivity index (χ2n) is 1.25. The molecule has 0 saturated carbocycles. The third-order valence-corrected chi connectivity index (χ3v) is 2.35. The summed E-state index contributed by atoms with van der Waals surface area (Å²) in [7, 11) is 0. The van der Waals surface area contributed by atoms with Crippen molar-refractivity contribution in [3.8, 4) is 12.3 Å². The summed E-state index contributed by atoms with van der Waals surface area (Å²) in [5, 5.41) is 0. The molecule has 0 aliphatic rings. The van der Waals surface area contributed by atoms with E-state index in [-0.39, 0.29) is 0 Å². The van der Waals surface area contributed by atoms with E-state index in [2.05, 4.69) is 25.6 Å². The molecule has 0 bridgehead atoms. The molecule has 0 fully saturated rings. The Morgan fingerprint density at radius 3 is 1.75 bits per heavy atom. The molecule has 0 aliphatic heterocycles. The number of carbonyl (C=O) groups excluding carboxylic acids is 3. The van der Waals surface area contributed by atoms with Gasteiger partial charge in [-0.3, -0.25) is 0 Å². The van der Waals surface area contributed by atoms with E-state index in [0.29, 0.717) is 0 Å². The van der Waals surface area contributed by atoms with Crippen LogP contribution >= 0.6 is 37.0 Å². The van der Waals surface area contributed by atoms with Gasteiger partial charge in [-0.15, -0.1) is 18.2 Å². The minimum absolute atomic E-state index is 0.862. The first kappa shape index (κ1) is 29.9. The predicted octanol–water partition coefficient (Wildman–Crippen LogP) is 2.00. The Hall–Kier alpha value is 0.412. The van der Waals surface area contributed by atoms with Crippen LogP contribution < -0.4 is 0 Å². The van der Waals surface area contributed by atoms with Crippen molar-refractivity contribution in [3.63, 3.8) is 0 Å². The Balaban J connectivity index is -0.0000000426. The number of thioether (sulfide) groups is 2. The third-order valence-electron chi connectivity index (χ3n) is 0.617. The van der Waals surface area contributed by atoms with Crippen molar-refractivity contribution in [1.82, 2.24) is 0 Å². The molecule has 0 rings (SSSR count). The number of hydrogen-bond acceptors (Lipinski definition) is 5. The molecule has 0 aromatic heterocycles. The zero-order chi connectivity index (χ0) is 14.2. The first-order valence-electron chi connectivity index (χ1n) is 3.43. The maximum atomic E-state index is 8.00. The second kappa shape index (κ2) is 77.9. The van der Waals surface area contributed by atoms with Crippen molar-refractivity contribution < 1.29 is 31.6 Å². The molecule has 0 heterocycles. The molecule has 0 spiro atoms. The first-order valence-corrected chi connectivity index (χ1v) is 11.9. The predicted molar refractivity (Wildman–Crippen MR) is 74.8 cm³/mol. The van der Waals surface area contributed by atoms with Crippen LogP contribution in [-0.2, 0) is 31.6 Å². The Morgan fingerprint density at radius 2 is 1.50 bits per heavy atom. The molecule has 0 saturated heterocycles. The Morgan fingerprint density at radius 1 is 1.12 bits per heavy atom. The molecule has 0 radical (unpaired) electrons. The number of carbonyl (C=O) groups is 3. The summed E-state index contributed by atoms with van der Waals surface area (Å²) in [5.41, 5.74) is 0. The normalized spacial score (nSPS) is 5.38. The average Bonchev–Trinajstić information content (AvgIpc) is 2.44. The topological polar surface area (TPSA) is 51.2 Å². The fourth-order valence-electron chi connectivity index (χ4n) is 0.273. The van der Waals surface area contributed by atoms with Crippen LogP contribution in [-0.4, -0.2) is 43.9 Å². The van der Waals surface area contributed by atoms with E-state index >= 15 is 0 Å². The van der Waals surface area contributed by atoms with Gasteiger partial charge in [-0.2, -0.15) is 11.8 Å². The molecule has 0 aromatic carbocycles. The van der Waals surface area contributed by atoms with Crippen molar-refractivity contribution in [3.05, 3.63) is 0 Å². The van der Waals surface area contributed by atoms with Crippen LogP contribution in [0, 0.1) is 12.3 Å². The van der Waals surface area contributed by atoms with E-state index in [1.165, 1.54) is 28.7 Å². The van der Waals surface area contributed by atoms with Gasteiger partial charge in [0.15, 0.2) is 0 Å². The van der Waals surface area contributed by atoms with Gasteiger partial charge >= 0.3 is 30.6 Å². The zero-order valence-electron chi connectivity index (χ0n) is 9.12. The van der Waals surface area contributed by atoms with Gasteiger partial charge in [-0.25, -0.2) is 0 Å². The van der Waals surface area contributed by atoms with Gasteiger partial charge in [0.05, 0.1) is 5.75 Å². The number of rotatable bonds is 4. The molecule has 7 heteroatoms. The first-order chi connectivity index (χ1) is 7.91.